The van der Waals surface area contributed by atoms with E-state index in [2.05, 4.69) is 5.32 Å². The Morgan fingerprint density at radius 1 is 1.11 bits per heavy atom. The van der Waals surface area contributed by atoms with Crippen LogP contribution in [0, 0.1) is 23.2 Å². The van der Waals surface area contributed by atoms with Gasteiger partial charge in [-0.1, -0.05) is 0 Å². The van der Waals surface area contributed by atoms with Crippen LogP contribution in [0.1, 0.15) is 38.5 Å². The Hall–Kier alpha value is -0.580. The predicted molar refractivity (Wildman–Crippen MR) is 73.3 cm³/mol. The number of amides is 1. The second-order valence-corrected chi connectivity index (χ2v) is 9.34. The van der Waals surface area contributed by atoms with E-state index in [0.29, 0.717) is 0 Å². The fourth-order valence-corrected chi connectivity index (χ4v) is 5.40. The number of carbonyl (C=O) groups is 1. The summed E-state index contributed by atoms with van der Waals surface area (Å²) in [7, 11) is -2.99. The molecule has 0 aromatic carbocycles. The van der Waals surface area contributed by atoms with Gasteiger partial charge in [-0.25, -0.2) is 8.42 Å². The standard InChI is InChI=1S/C14H23NO3S/c1-19(17,18)3-2-15-13(16)14-7-10-4-11(8-14)6-12(5-10)9-14/h10-12H,2-9H2,1H3,(H,15,16). The van der Waals surface area contributed by atoms with Crippen LogP contribution in [0.15, 0.2) is 0 Å². The molecule has 0 atom stereocenters. The molecular formula is C14H23NO3S. The van der Waals surface area contributed by atoms with Crippen molar-refractivity contribution in [2.24, 2.45) is 23.2 Å². The van der Waals surface area contributed by atoms with Gasteiger partial charge in [0.15, 0.2) is 0 Å². The summed E-state index contributed by atoms with van der Waals surface area (Å²) >= 11 is 0. The van der Waals surface area contributed by atoms with E-state index in [0.717, 1.165) is 37.0 Å². The van der Waals surface area contributed by atoms with Gasteiger partial charge in [-0.2, -0.15) is 0 Å². The zero-order valence-corrected chi connectivity index (χ0v) is 12.3. The molecule has 0 saturated heterocycles. The minimum absolute atomic E-state index is 0.0467. The third kappa shape index (κ3) is 2.67. The quantitative estimate of drug-likeness (QED) is 0.848. The Bertz CT molecular complexity index is 448. The first-order valence-corrected chi connectivity index (χ1v) is 9.38. The smallest absolute Gasteiger partial charge is 0.226 e. The molecule has 0 aromatic rings. The molecule has 4 bridgehead atoms. The number of sulfone groups is 1. The van der Waals surface area contributed by atoms with Crippen molar-refractivity contribution < 1.29 is 13.2 Å². The van der Waals surface area contributed by atoms with Gasteiger partial charge in [0.05, 0.1) is 5.75 Å². The van der Waals surface area contributed by atoms with E-state index in [1.807, 2.05) is 0 Å². The number of rotatable bonds is 4. The van der Waals surface area contributed by atoms with Crippen LogP contribution in [-0.4, -0.2) is 32.9 Å². The molecule has 4 fully saturated rings. The Morgan fingerprint density at radius 2 is 1.58 bits per heavy atom. The summed E-state index contributed by atoms with van der Waals surface area (Å²) in [5.41, 5.74) is -0.160. The lowest BCUT2D eigenvalue weighted by Gasteiger charge is -2.55. The Kier molecular flexibility index (Phi) is 3.15. The molecule has 4 saturated carbocycles. The number of nitrogens with one attached hydrogen (secondary N) is 1. The average molecular weight is 285 g/mol. The van der Waals surface area contributed by atoms with E-state index in [-0.39, 0.29) is 23.6 Å². The maximum atomic E-state index is 12.5. The van der Waals surface area contributed by atoms with E-state index in [9.17, 15) is 13.2 Å². The average Bonchev–Trinajstić information content (AvgIpc) is 2.25. The Morgan fingerprint density at radius 3 is 2.00 bits per heavy atom. The van der Waals surface area contributed by atoms with Gasteiger partial charge in [0.25, 0.3) is 0 Å². The second-order valence-electron chi connectivity index (χ2n) is 7.08. The van der Waals surface area contributed by atoms with Gasteiger partial charge in [0.1, 0.15) is 9.84 Å². The first-order chi connectivity index (χ1) is 8.86. The highest BCUT2D eigenvalue weighted by Gasteiger charge is 2.54. The van der Waals surface area contributed by atoms with Crippen LogP contribution in [-0.2, 0) is 14.6 Å². The highest BCUT2D eigenvalue weighted by Crippen LogP contribution is 2.60. The van der Waals surface area contributed by atoms with Crippen molar-refractivity contribution in [2.75, 3.05) is 18.6 Å². The number of carbonyl (C=O) groups excluding carboxylic acids is 1. The topological polar surface area (TPSA) is 63.2 Å². The summed E-state index contributed by atoms with van der Waals surface area (Å²) in [5, 5.41) is 2.88. The van der Waals surface area contributed by atoms with Crippen molar-refractivity contribution in [1.82, 2.24) is 5.32 Å². The van der Waals surface area contributed by atoms with Crippen LogP contribution in [0.5, 0.6) is 0 Å². The maximum absolute atomic E-state index is 12.5. The fourth-order valence-electron chi connectivity index (χ4n) is 4.93. The zero-order valence-electron chi connectivity index (χ0n) is 11.5. The summed E-state index contributed by atoms with van der Waals surface area (Å²) in [6, 6.07) is 0. The molecule has 0 aliphatic heterocycles. The molecule has 4 aliphatic carbocycles. The van der Waals surface area contributed by atoms with Crippen LogP contribution in [0.25, 0.3) is 0 Å². The highest BCUT2D eigenvalue weighted by atomic mass is 32.2. The number of hydrogen-bond acceptors (Lipinski definition) is 3. The molecule has 1 amide bonds. The lowest BCUT2D eigenvalue weighted by molar-refractivity contribution is -0.146. The van der Waals surface area contributed by atoms with Crippen molar-refractivity contribution in [3.63, 3.8) is 0 Å². The minimum atomic E-state index is -2.99. The molecule has 0 unspecified atom stereocenters. The minimum Gasteiger partial charge on any atom is -0.355 e. The molecule has 5 heteroatoms. The summed E-state index contributed by atoms with van der Waals surface area (Å²) < 4.78 is 22.2. The van der Waals surface area contributed by atoms with Crippen LogP contribution < -0.4 is 5.32 Å². The first kappa shape index (κ1) is 13.4. The van der Waals surface area contributed by atoms with Crippen molar-refractivity contribution >= 4 is 15.7 Å². The molecular weight excluding hydrogens is 262 g/mol. The second kappa shape index (κ2) is 4.47. The van der Waals surface area contributed by atoms with Gasteiger partial charge in [-0.3, -0.25) is 4.79 Å². The van der Waals surface area contributed by atoms with Gasteiger partial charge in [0.2, 0.25) is 5.91 Å². The van der Waals surface area contributed by atoms with E-state index in [4.69, 9.17) is 0 Å². The molecule has 0 radical (unpaired) electrons. The van der Waals surface area contributed by atoms with Gasteiger partial charge in [-0.05, 0) is 56.3 Å². The van der Waals surface area contributed by atoms with E-state index >= 15 is 0 Å². The number of hydrogen-bond donors (Lipinski definition) is 1. The van der Waals surface area contributed by atoms with Crippen molar-refractivity contribution in [3.05, 3.63) is 0 Å². The Balaban J connectivity index is 1.63. The fraction of sp³-hybridized carbons (Fsp3) is 0.929. The lowest BCUT2D eigenvalue weighted by atomic mass is 9.49. The van der Waals surface area contributed by atoms with Crippen LogP contribution in [0.3, 0.4) is 0 Å². The van der Waals surface area contributed by atoms with E-state index < -0.39 is 9.84 Å². The van der Waals surface area contributed by atoms with Crippen LogP contribution in [0.2, 0.25) is 0 Å². The van der Waals surface area contributed by atoms with E-state index in [1.54, 1.807) is 0 Å². The summed E-state index contributed by atoms with van der Waals surface area (Å²) in [6.45, 7) is 0.263. The molecule has 4 aliphatic rings. The molecule has 4 nitrogen and oxygen atoms in total. The van der Waals surface area contributed by atoms with Gasteiger partial charge in [-0.15, -0.1) is 0 Å². The van der Waals surface area contributed by atoms with Crippen molar-refractivity contribution in [1.29, 1.82) is 0 Å². The van der Waals surface area contributed by atoms with Gasteiger partial charge >= 0.3 is 0 Å². The molecule has 0 heterocycles. The van der Waals surface area contributed by atoms with Gasteiger partial charge in [0, 0.05) is 18.2 Å². The zero-order chi connectivity index (χ0) is 13.7. The maximum Gasteiger partial charge on any atom is 0.226 e. The van der Waals surface area contributed by atoms with Gasteiger partial charge < -0.3 is 5.32 Å². The molecule has 108 valence electrons. The molecule has 19 heavy (non-hydrogen) atoms. The summed E-state index contributed by atoms with van der Waals surface area (Å²) in [4.78, 5) is 12.5. The lowest BCUT2D eigenvalue weighted by Crippen LogP contribution is -2.54. The monoisotopic (exact) mass is 285 g/mol. The Labute approximate surface area is 115 Å². The third-order valence-electron chi connectivity index (χ3n) is 5.28. The molecule has 0 aromatic heterocycles. The molecule has 4 rings (SSSR count). The highest BCUT2D eigenvalue weighted by molar-refractivity contribution is 7.90. The van der Waals surface area contributed by atoms with Crippen molar-refractivity contribution in [3.8, 4) is 0 Å². The first-order valence-electron chi connectivity index (χ1n) is 7.32. The summed E-state index contributed by atoms with van der Waals surface area (Å²) in [6.07, 6.45) is 8.25. The van der Waals surface area contributed by atoms with Crippen LogP contribution in [0.4, 0.5) is 0 Å². The normalized spacial score (nSPS) is 40.4. The van der Waals surface area contributed by atoms with Crippen molar-refractivity contribution in [2.45, 2.75) is 38.5 Å². The molecule has 0 spiro atoms. The summed E-state index contributed by atoms with van der Waals surface area (Å²) in [5.74, 6) is 2.39. The predicted octanol–water partition coefficient (Wildman–Crippen LogP) is 1.36. The largest absolute Gasteiger partial charge is 0.355 e. The van der Waals surface area contributed by atoms with Crippen LogP contribution >= 0.6 is 0 Å². The SMILES string of the molecule is CS(=O)(=O)CCNC(=O)C12CC3CC(CC(C3)C1)C2. The third-order valence-corrected chi connectivity index (χ3v) is 6.22. The molecule has 1 N–H and O–H groups in total. The van der Waals surface area contributed by atoms with E-state index in [1.165, 1.54) is 25.5 Å².